The Labute approximate surface area is 192 Å². The van der Waals surface area contributed by atoms with Gasteiger partial charge >= 0.3 is 0 Å². The number of carbonyl (C=O) groups excluding carboxylic acids is 1. The van der Waals surface area contributed by atoms with Crippen molar-refractivity contribution in [1.29, 1.82) is 0 Å². The van der Waals surface area contributed by atoms with E-state index in [2.05, 4.69) is 15.3 Å². The predicted molar refractivity (Wildman–Crippen MR) is 127 cm³/mol. The van der Waals surface area contributed by atoms with Crippen LogP contribution >= 0.6 is 35.2 Å². The largest absolute Gasteiger partial charge is 0.350 e. The lowest BCUT2D eigenvalue weighted by atomic mass is 10.1. The Kier molecular flexibility index (Phi) is 6.31. The van der Waals surface area contributed by atoms with Crippen LogP contribution in [-0.4, -0.2) is 20.4 Å². The number of amides is 1. The van der Waals surface area contributed by atoms with Crippen molar-refractivity contribution in [2.24, 2.45) is 0 Å². The van der Waals surface area contributed by atoms with Crippen molar-refractivity contribution in [3.05, 3.63) is 78.6 Å². The van der Waals surface area contributed by atoms with Crippen LogP contribution in [0.25, 0.3) is 22.2 Å². The normalized spacial score (nSPS) is 11.0. The number of aromatic nitrogens is 3. The maximum Gasteiger partial charge on any atom is 0.262 e. The lowest BCUT2D eigenvalue weighted by Gasteiger charge is -2.08. The fraction of sp³-hybridized carbons (Fsp3) is 0.182. The smallest absolute Gasteiger partial charge is 0.262 e. The van der Waals surface area contributed by atoms with E-state index >= 15 is 0 Å². The van der Waals surface area contributed by atoms with E-state index in [9.17, 15) is 9.59 Å². The standard InChI is InChI=1S/C22H19ClN4O2S2/c1-13-20(14-6-8-15(23)9-7-14)26-19(31-13)12-24-18(28)10-11-27-21(29)16-4-2-3-5-17(16)25-22(27)30/h2-9H,10-12H2,1H3,(H,24,28)(H,25,30). The van der Waals surface area contributed by atoms with Crippen molar-refractivity contribution in [2.45, 2.75) is 26.4 Å². The van der Waals surface area contributed by atoms with Gasteiger partial charge in [0.1, 0.15) is 5.01 Å². The van der Waals surface area contributed by atoms with Gasteiger partial charge in [-0.25, -0.2) is 4.98 Å². The monoisotopic (exact) mass is 470 g/mol. The summed E-state index contributed by atoms with van der Waals surface area (Å²) in [6, 6.07) is 14.7. The predicted octanol–water partition coefficient (Wildman–Crippen LogP) is 4.85. The molecule has 0 aliphatic carbocycles. The minimum atomic E-state index is -0.199. The molecule has 0 fully saturated rings. The van der Waals surface area contributed by atoms with Crippen molar-refractivity contribution >= 4 is 52.0 Å². The number of para-hydroxylation sites is 1. The molecule has 0 unspecified atom stereocenters. The number of aromatic amines is 1. The van der Waals surface area contributed by atoms with Crippen molar-refractivity contribution in [1.82, 2.24) is 19.9 Å². The number of hydrogen-bond donors (Lipinski definition) is 2. The molecule has 9 heteroatoms. The van der Waals surface area contributed by atoms with Crippen LogP contribution < -0.4 is 10.9 Å². The maximum atomic E-state index is 12.7. The molecule has 4 aromatic rings. The van der Waals surface area contributed by atoms with Gasteiger partial charge in [-0.15, -0.1) is 11.3 Å². The van der Waals surface area contributed by atoms with E-state index in [1.165, 1.54) is 4.57 Å². The van der Waals surface area contributed by atoms with Crippen LogP contribution in [-0.2, 0) is 17.9 Å². The van der Waals surface area contributed by atoms with E-state index in [0.29, 0.717) is 27.2 Å². The van der Waals surface area contributed by atoms with E-state index in [1.54, 1.807) is 29.5 Å². The summed E-state index contributed by atoms with van der Waals surface area (Å²) in [5.41, 5.74) is 2.37. The number of thiazole rings is 1. The molecule has 31 heavy (non-hydrogen) atoms. The van der Waals surface area contributed by atoms with Crippen LogP contribution in [0.4, 0.5) is 0 Å². The molecular weight excluding hydrogens is 452 g/mol. The summed E-state index contributed by atoms with van der Waals surface area (Å²) in [4.78, 5) is 33.8. The number of aryl methyl sites for hydroxylation is 1. The molecule has 4 rings (SSSR count). The Morgan fingerprint density at radius 1 is 1.23 bits per heavy atom. The molecule has 6 nitrogen and oxygen atoms in total. The molecule has 2 aromatic heterocycles. The second-order valence-electron chi connectivity index (χ2n) is 6.98. The first-order valence-electron chi connectivity index (χ1n) is 9.63. The number of benzene rings is 2. The number of H-pyrrole nitrogens is 1. The summed E-state index contributed by atoms with van der Waals surface area (Å²) in [5.74, 6) is -0.171. The van der Waals surface area contributed by atoms with Gasteiger partial charge in [0.25, 0.3) is 5.56 Å². The lowest BCUT2D eigenvalue weighted by Crippen LogP contribution is -2.28. The van der Waals surface area contributed by atoms with Crippen molar-refractivity contribution < 1.29 is 4.79 Å². The molecule has 2 N–H and O–H groups in total. The molecule has 0 atom stereocenters. The molecule has 2 heterocycles. The van der Waals surface area contributed by atoms with E-state index in [1.807, 2.05) is 37.3 Å². The van der Waals surface area contributed by atoms with Crippen LogP contribution in [0.15, 0.2) is 53.3 Å². The summed E-state index contributed by atoms with van der Waals surface area (Å²) in [5, 5.41) is 4.91. The summed E-state index contributed by atoms with van der Waals surface area (Å²) >= 11 is 12.8. The first-order valence-corrected chi connectivity index (χ1v) is 11.2. The highest BCUT2D eigenvalue weighted by molar-refractivity contribution is 7.71. The first kappa shape index (κ1) is 21.4. The Bertz CT molecular complexity index is 1370. The highest BCUT2D eigenvalue weighted by Crippen LogP contribution is 2.28. The van der Waals surface area contributed by atoms with E-state index < -0.39 is 0 Å². The van der Waals surface area contributed by atoms with Crippen LogP contribution in [0.1, 0.15) is 16.3 Å². The number of rotatable bonds is 6. The summed E-state index contributed by atoms with van der Waals surface area (Å²) in [6.45, 7) is 2.54. The highest BCUT2D eigenvalue weighted by Gasteiger charge is 2.12. The third-order valence-electron chi connectivity index (χ3n) is 4.85. The first-order chi connectivity index (χ1) is 14.9. The second-order valence-corrected chi connectivity index (χ2v) is 9.09. The summed E-state index contributed by atoms with van der Waals surface area (Å²) < 4.78 is 1.73. The third-order valence-corrected chi connectivity index (χ3v) is 6.39. The van der Waals surface area contributed by atoms with Crippen molar-refractivity contribution in [2.75, 3.05) is 0 Å². The van der Waals surface area contributed by atoms with Crippen LogP contribution in [0, 0.1) is 11.7 Å². The fourth-order valence-electron chi connectivity index (χ4n) is 3.28. The Hall–Kier alpha value is -2.81. The number of halogens is 1. The quantitative estimate of drug-likeness (QED) is 0.395. The molecule has 0 spiro atoms. The molecule has 1 amide bonds. The summed E-state index contributed by atoms with van der Waals surface area (Å²) in [7, 11) is 0. The second kappa shape index (κ2) is 9.13. The molecule has 0 radical (unpaired) electrons. The lowest BCUT2D eigenvalue weighted by molar-refractivity contribution is -0.121. The van der Waals surface area contributed by atoms with Gasteiger partial charge in [0.2, 0.25) is 5.91 Å². The zero-order valence-electron chi connectivity index (χ0n) is 16.6. The van der Waals surface area contributed by atoms with E-state index in [0.717, 1.165) is 21.1 Å². The van der Waals surface area contributed by atoms with Gasteiger partial charge in [0, 0.05) is 28.4 Å². The van der Waals surface area contributed by atoms with Crippen molar-refractivity contribution in [3.63, 3.8) is 0 Å². The Morgan fingerprint density at radius 3 is 2.74 bits per heavy atom. The van der Waals surface area contributed by atoms with Crippen LogP contribution in [0.3, 0.4) is 0 Å². The molecule has 0 bridgehead atoms. The SMILES string of the molecule is Cc1sc(CNC(=O)CCn2c(=S)[nH]c3ccccc3c2=O)nc1-c1ccc(Cl)cc1. The van der Waals surface area contributed by atoms with Crippen molar-refractivity contribution in [3.8, 4) is 11.3 Å². The summed E-state index contributed by atoms with van der Waals surface area (Å²) in [6.07, 6.45) is 0.143. The number of nitrogens with zero attached hydrogens (tertiary/aromatic N) is 2. The zero-order valence-corrected chi connectivity index (χ0v) is 19.0. The minimum Gasteiger partial charge on any atom is -0.350 e. The average Bonchev–Trinajstić information content (AvgIpc) is 3.13. The molecule has 2 aromatic carbocycles. The zero-order chi connectivity index (χ0) is 22.0. The number of fused-ring (bicyclic) bond motifs is 1. The van der Waals surface area contributed by atoms with E-state index in [-0.39, 0.29) is 24.4 Å². The minimum absolute atomic E-state index is 0.143. The molecule has 0 saturated heterocycles. The molecule has 0 aliphatic heterocycles. The molecule has 0 aliphatic rings. The topological polar surface area (TPSA) is 79.8 Å². The van der Waals surface area contributed by atoms with Gasteiger partial charge in [0.15, 0.2) is 4.77 Å². The number of hydrogen-bond acceptors (Lipinski definition) is 5. The van der Waals surface area contributed by atoms with Gasteiger partial charge in [0.05, 0.1) is 23.1 Å². The van der Waals surface area contributed by atoms with Gasteiger partial charge < -0.3 is 10.3 Å². The third kappa shape index (κ3) is 4.76. The molecule has 158 valence electrons. The fourth-order valence-corrected chi connectivity index (χ4v) is 4.59. The van der Waals surface area contributed by atoms with E-state index in [4.69, 9.17) is 23.8 Å². The number of carbonyl (C=O) groups is 1. The van der Waals surface area contributed by atoms with Crippen LogP contribution in [0.5, 0.6) is 0 Å². The van der Waals surface area contributed by atoms with Gasteiger partial charge in [-0.2, -0.15) is 0 Å². The number of nitrogens with one attached hydrogen (secondary N) is 2. The molecule has 0 saturated carbocycles. The highest BCUT2D eigenvalue weighted by atomic mass is 35.5. The Morgan fingerprint density at radius 2 is 1.97 bits per heavy atom. The molecular formula is C22H19ClN4O2S2. The van der Waals surface area contributed by atoms with Crippen LogP contribution in [0.2, 0.25) is 5.02 Å². The average molecular weight is 471 g/mol. The Balaban J connectivity index is 1.40. The van der Waals surface area contributed by atoms with Gasteiger partial charge in [-0.3, -0.25) is 14.2 Å². The maximum absolute atomic E-state index is 12.7. The van der Waals surface area contributed by atoms with Gasteiger partial charge in [-0.05, 0) is 43.4 Å². The van der Waals surface area contributed by atoms with Gasteiger partial charge in [-0.1, -0.05) is 35.9 Å².